The van der Waals surface area contributed by atoms with Crippen molar-refractivity contribution < 1.29 is 43.1 Å². The molecule has 2 aromatic rings. The highest BCUT2D eigenvalue weighted by molar-refractivity contribution is 7.47. The van der Waals surface area contributed by atoms with Crippen LogP contribution in [0.4, 0.5) is 5.82 Å². The van der Waals surface area contributed by atoms with Crippen LogP contribution >= 0.6 is 7.82 Å². The zero-order valence-electron chi connectivity index (χ0n) is 26.5. The van der Waals surface area contributed by atoms with Gasteiger partial charge in [-0.25, -0.2) is 14.8 Å². The van der Waals surface area contributed by atoms with Crippen LogP contribution in [-0.4, -0.2) is 86.0 Å². The lowest BCUT2D eigenvalue weighted by molar-refractivity contribution is -0.130. The highest BCUT2D eigenvalue weighted by atomic mass is 31.2. The van der Waals surface area contributed by atoms with Crippen molar-refractivity contribution in [2.75, 3.05) is 18.9 Å². The number of aliphatic hydroxyl groups is 2. The summed E-state index contributed by atoms with van der Waals surface area (Å²) in [5.74, 6) is -1.13. The lowest BCUT2D eigenvalue weighted by Crippen LogP contribution is -2.52. The van der Waals surface area contributed by atoms with E-state index in [1.807, 2.05) is 49.7 Å². The maximum Gasteiger partial charge on any atom is 0.493 e. The number of nitrogens with two attached hydrogens (primary N) is 3. The Kier molecular flexibility index (Phi) is 14.4. The van der Waals surface area contributed by atoms with E-state index in [4.69, 9.17) is 26.5 Å². The molecule has 3 unspecified atom stereocenters. The quantitative estimate of drug-likeness (QED) is 0.0294. The highest BCUT2D eigenvalue weighted by Crippen LogP contribution is 2.43. The molecule has 0 aliphatic carbocycles. The molecule has 1 aliphatic rings. The van der Waals surface area contributed by atoms with E-state index in [1.165, 1.54) is 12.3 Å². The number of amides is 2. The number of anilines is 1. The Morgan fingerprint density at radius 1 is 1.17 bits per heavy atom. The Morgan fingerprint density at radius 3 is 2.54 bits per heavy atom. The molecule has 19 nitrogen and oxygen atoms in total. The molecule has 20 heteroatoms. The number of aromatic nitrogens is 2. The normalized spacial score (nSPS) is 22.1. The molecule has 1 aromatic carbocycles. The predicted octanol–water partition coefficient (Wildman–Crippen LogP) is -1.65. The Balaban J connectivity index is 1.39. The third-order valence-corrected chi connectivity index (χ3v) is 7.87. The molecule has 1 aromatic heterocycles. The molecule has 0 radical (unpaired) electrons. The Labute approximate surface area is 276 Å². The number of aliphatic imine (C=N–C) groups is 1. The first kappa shape index (κ1) is 38.5. The van der Waals surface area contributed by atoms with Gasteiger partial charge in [0.05, 0.1) is 12.6 Å². The molecule has 2 heterocycles. The number of carbonyl (C=O) groups is 2. The topological polar surface area (TPSA) is 301 Å². The number of phosphoric ester groups is 1. The summed E-state index contributed by atoms with van der Waals surface area (Å²) in [6.45, 7) is 3.54. The van der Waals surface area contributed by atoms with E-state index >= 15 is 0 Å². The average molecular weight is 698 g/mol. The van der Waals surface area contributed by atoms with Crippen LogP contribution in [-0.2, 0) is 34.6 Å². The van der Waals surface area contributed by atoms with Crippen LogP contribution in [0.3, 0.4) is 0 Å². The molecule has 1 saturated heterocycles. The summed E-state index contributed by atoms with van der Waals surface area (Å²) in [5, 5.41) is 26.1. The third-order valence-electron chi connectivity index (χ3n) is 7.07. The number of aliphatic hydroxyl groups excluding tert-OH is 2. The number of rotatable bonds is 17. The van der Waals surface area contributed by atoms with Gasteiger partial charge in [-0.2, -0.15) is 9.61 Å². The zero-order chi connectivity index (χ0) is 35.4. The SMILES string of the molecule is CC(C)CC(NC(=O)C(N)CCCN=C(N)NOP(=O)(O)OC[C@H]1O[C@@H](n2ccc(N)nc2=O)[C@H](O)[C@@H]1O)C(=O)NCc1ccccc1. The number of nitrogen functional groups attached to an aromatic ring is 1. The second kappa shape index (κ2) is 18.0. The summed E-state index contributed by atoms with van der Waals surface area (Å²) in [6, 6.07) is 8.96. The minimum Gasteiger partial charge on any atom is -0.387 e. The van der Waals surface area contributed by atoms with Crippen molar-refractivity contribution in [3.05, 3.63) is 58.6 Å². The van der Waals surface area contributed by atoms with Gasteiger partial charge in [0.25, 0.3) is 0 Å². The van der Waals surface area contributed by atoms with Crippen molar-refractivity contribution in [2.24, 2.45) is 22.4 Å². The summed E-state index contributed by atoms with van der Waals surface area (Å²) in [6.07, 6.45) is -3.75. The highest BCUT2D eigenvalue weighted by Gasteiger charge is 2.45. The molecule has 48 heavy (non-hydrogen) atoms. The number of phosphoric acid groups is 1. The van der Waals surface area contributed by atoms with Gasteiger partial charge >= 0.3 is 13.5 Å². The number of nitrogens with one attached hydrogen (secondary N) is 3. The van der Waals surface area contributed by atoms with Gasteiger partial charge in [0.15, 0.2) is 6.23 Å². The number of hydrogen-bond acceptors (Lipinski definition) is 13. The molecular weight excluding hydrogens is 653 g/mol. The van der Waals surface area contributed by atoms with Crippen LogP contribution in [0, 0.1) is 5.92 Å². The van der Waals surface area contributed by atoms with Crippen LogP contribution in [0.25, 0.3) is 0 Å². The number of ether oxygens (including phenoxy) is 1. The minimum absolute atomic E-state index is 0.0584. The Hall–Kier alpha value is -3.94. The molecule has 266 valence electrons. The van der Waals surface area contributed by atoms with Crippen molar-refractivity contribution in [1.29, 1.82) is 0 Å². The number of hydroxylamine groups is 1. The Bertz CT molecular complexity index is 1500. The summed E-state index contributed by atoms with van der Waals surface area (Å²) >= 11 is 0. The van der Waals surface area contributed by atoms with Gasteiger partial charge in [-0.1, -0.05) is 44.2 Å². The van der Waals surface area contributed by atoms with Crippen LogP contribution < -0.4 is 39.0 Å². The standard InChI is InChI=1S/C28H44N9O10P/c1-16(2)13-19(25(41)33-14-17-7-4-3-5-8-17)34-24(40)18(29)9-6-11-32-27(31)36-47-48(43,44)45-15-20-22(38)23(39)26(46-20)37-12-10-21(30)35-28(37)42/h3-5,7-8,10,12,16,18-20,22-23,26,38-39H,6,9,11,13-15,29H2,1-2H3,(H,33,41)(H,34,40)(H,43,44)(H2,30,35,42)(H3,31,32,36)/t18?,19?,20-,22-,23-,26-/m1/s1. The molecule has 1 fully saturated rings. The third kappa shape index (κ3) is 11.9. The monoisotopic (exact) mass is 697 g/mol. The fourth-order valence-corrected chi connectivity index (χ4v) is 5.18. The lowest BCUT2D eigenvalue weighted by atomic mass is 10.0. The number of hydrogen-bond donors (Lipinski definition) is 9. The molecule has 0 bridgehead atoms. The van der Waals surface area contributed by atoms with Crippen LogP contribution in [0.1, 0.15) is 44.9 Å². The Morgan fingerprint density at radius 2 is 1.88 bits per heavy atom. The average Bonchev–Trinajstić information content (AvgIpc) is 3.32. The maximum atomic E-state index is 12.8. The van der Waals surface area contributed by atoms with Crippen LogP contribution in [0.5, 0.6) is 0 Å². The second-order valence-corrected chi connectivity index (χ2v) is 12.8. The van der Waals surface area contributed by atoms with E-state index in [0.29, 0.717) is 19.4 Å². The van der Waals surface area contributed by atoms with E-state index in [-0.39, 0.29) is 36.6 Å². The molecule has 12 N–H and O–H groups in total. The number of carbonyl (C=O) groups excluding carboxylic acids is 2. The number of nitrogens with zero attached hydrogens (tertiary/aromatic N) is 3. The largest absolute Gasteiger partial charge is 0.493 e. The first-order chi connectivity index (χ1) is 22.7. The van der Waals surface area contributed by atoms with E-state index in [9.17, 15) is 34.1 Å². The smallest absolute Gasteiger partial charge is 0.387 e. The predicted molar refractivity (Wildman–Crippen MR) is 172 cm³/mol. The molecule has 0 saturated carbocycles. The van der Waals surface area contributed by atoms with Gasteiger partial charge in [0.1, 0.15) is 30.2 Å². The van der Waals surface area contributed by atoms with E-state index in [0.717, 1.165) is 10.1 Å². The fourth-order valence-electron chi connectivity index (χ4n) is 4.58. The molecule has 1 aliphatic heterocycles. The van der Waals surface area contributed by atoms with Crippen LogP contribution in [0.2, 0.25) is 0 Å². The van der Waals surface area contributed by atoms with Gasteiger partial charge in [0.2, 0.25) is 17.8 Å². The number of guanidine groups is 1. The van der Waals surface area contributed by atoms with Crippen molar-refractivity contribution >= 4 is 31.4 Å². The molecule has 7 atom stereocenters. The number of benzene rings is 1. The van der Waals surface area contributed by atoms with Gasteiger partial charge < -0.3 is 47.7 Å². The van der Waals surface area contributed by atoms with Gasteiger partial charge in [-0.15, -0.1) is 0 Å². The van der Waals surface area contributed by atoms with Gasteiger partial charge in [-0.05, 0) is 36.8 Å². The van der Waals surface area contributed by atoms with E-state index < -0.39 is 62.6 Å². The van der Waals surface area contributed by atoms with Gasteiger partial charge in [0, 0.05) is 19.3 Å². The van der Waals surface area contributed by atoms with Crippen LogP contribution in [0.15, 0.2) is 52.4 Å². The first-order valence-electron chi connectivity index (χ1n) is 15.1. The lowest BCUT2D eigenvalue weighted by Gasteiger charge is -2.22. The maximum absolute atomic E-state index is 12.8. The van der Waals surface area contributed by atoms with Gasteiger partial charge in [-0.3, -0.25) is 23.7 Å². The summed E-state index contributed by atoms with van der Waals surface area (Å²) < 4.78 is 28.0. The molecule has 3 rings (SSSR count). The first-order valence-corrected chi connectivity index (χ1v) is 16.6. The second-order valence-electron chi connectivity index (χ2n) is 11.5. The fraction of sp³-hybridized carbons (Fsp3) is 0.536. The van der Waals surface area contributed by atoms with Crippen molar-refractivity contribution in [3.8, 4) is 0 Å². The molecule has 2 amide bonds. The summed E-state index contributed by atoms with van der Waals surface area (Å²) in [4.78, 5) is 55.0. The minimum atomic E-state index is -4.82. The zero-order valence-corrected chi connectivity index (χ0v) is 27.4. The summed E-state index contributed by atoms with van der Waals surface area (Å²) in [7, 11) is -4.82. The molecule has 0 spiro atoms. The van der Waals surface area contributed by atoms with Crippen molar-refractivity contribution in [1.82, 2.24) is 25.7 Å². The molecular formula is C28H44N9O10P. The van der Waals surface area contributed by atoms with E-state index in [1.54, 1.807) is 0 Å². The van der Waals surface area contributed by atoms with Crippen molar-refractivity contribution in [2.45, 2.75) is 76.3 Å². The van der Waals surface area contributed by atoms with Crippen molar-refractivity contribution in [3.63, 3.8) is 0 Å². The van der Waals surface area contributed by atoms with E-state index in [2.05, 4.69) is 25.2 Å². The summed E-state index contributed by atoms with van der Waals surface area (Å²) in [5.41, 5.74) is 19.2.